The van der Waals surface area contributed by atoms with E-state index in [0.29, 0.717) is 17.4 Å². The third-order valence-corrected chi connectivity index (χ3v) is 19.5. The molecule has 0 rings (SSSR count). The van der Waals surface area contributed by atoms with Gasteiger partial charge in [0.25, 0.3) is 6.29 Å². The van der Waals surface area contributed by atoms with E-state index in [2.05, 4.69) is 74.6 Å². The van der Waals surface area contributed by atoms with Gasteiger partial charge in [0.2, 0.25) is 0 Å². The lowest BCUT2D eigenvalue weighted by atomic mass is 10.0. The van der Waals surface area contributed by atoms with Crippen molar-refractivity contribution in [2.75, 3.05) is 47.5 Å². The van der Waals surface area contributed by atoms with Crippen molar-refractivity contribution in [2.45, 2.75) is 444 Å². The van der Waals surface area contributed by atoms with E-state index >= 15 is 0 Å². The number of carbonyl (C=O) groups is 3. The Balaban J connectivity index is 3.92. The van der Waals surface area contributed by atoms with Crippen molar-refractivity contribution in [1.29, 1.82) is 0 Å². The van der Waals surface area contributed by atoms with Crippen LogP contribution in [0.1, 0.15) is 431 Å². The molecule has 1 N–H and O–H groups in total. The van der Waals surface area contributed by atoms with Crippen LogP contribution in [0.3, 0.4) is 0 Å². The van der Waals surface area contributed by atoms with Gasteiger partial charge in [-0.25, -0.2) is 4.79 Å². The van der Waals surface area contributed by atoms with Gasteiger partial charge in [-0.1, -0.05) is 421 Å². The molecular weight excluding hydrogens is 1210 g/mol. The molecule has 0 aliphatic heterocycles. The molecule has 0 aliphatic carbocycles. The monoisotopic (exact) mass is 1380 g/mol. The zero-order chi connectivity index (χ0) is 71.1. The van der Waals surface area contributed by atoms with E-state index in [4.69, 9.17) is 18.9 Å². The number of nitrogens with zero attached hydrogens (tertiary/aromatic N) is 1. The van der Waals surface area contributed by atoms with Gasteiger partial charge < -0.3 is 28.5 Å². The van der Waals surface area contributed by atoms with Gasteiger partial charge in [0.05, 0.1) is 34.4 Å². The molecule has 2 atom stereocenters. The van der Waals surface area contributed by atoms with Crippen molar-refractivity contribution in [1.82, 2.24) is 0 Å². The number of quaternary nitrogens is 1. The number of carboxylic acid groups (broad SMARTS) is 1. The maximum Gasteiger partial charge on any atom is 0.361 e. The molecule has 0 fully saturated rings. The van der Waals surface area contributed by atoms with Gasteiger partial charge in [0.15, 0.2) is 6.10 Å². The van der Waals surface area contributed by atoms with Crippen LogP contribution in [0.2, 0.25) is 0 Å². The van der Waals surface area contributed by atoms with Crippen LogP contribution in [0, 0.1) is 0 Å². The number of hydrogen-bond donors (Lipinski definition) is 1. The maximum atomic E-state index is 13.0. The number of carboxylic acids is 1. The normalized spacial score (nSPS) is 12.9. The zero-order valence-electron chi connectivity index (χ0n) is 66.0. The Morgan fingerprint density at radius 2 is 0.582 bits per heavy atom. The van der Waals surface area contributed by atoms with Crippen LogP contribution in [0.25, 0.3) is 0 Å². The van der Waals surface area contributed by atoms with Crippen LogP contribution in [0.5, 0.6) is 0 Å². The predicted octanol–water partition coefficient (Wildman–Crippen LogP) is 27.8. The molecule has 0 bridgehead atoms. The second-order valence-electron chi connectivity index (χ2n) is 30.5. The lowest BCUT2D eigenvalue weighted by Gasteiger charge is -2.25. The van der Waals surface area contributed by atoms with Crippen LogP contribution < -0.4 is 0 Å². The molecule has 0 amide bonds. The standard InChI is InChI=1S/C89H165NO8/c1-6-8-10-12-14-16-18-20-22-24-26-28-30-32-34-36-38-40-41-42-43-44-45-46-47-48-50-52-54-56-58-60-62-64-66-68-70-72-74-76-78-80-87(92)98-85(84-97-89(88(93)94)95-82-81-90(3,4)5)83-96-86(91)79-77-75-73-71-69-67-65-63-61-59-57-55-53-51-49-39-37-35-33-31-29-27-25-23-21-19-17-15-13-11-9-7-2/h8,10,14,16,20,22,26,28,32,34,85,89H,6-7,9,11-13,15,17-19,21,23-25,27,29-31,33,35-84H2,1-5H3/p+1/b10-8-,16-14-,22-20-,28-26-,34-32-. The van der Waals surface area contributed by atoms with E-state index < -0.39 is 18.4 Å². The number of rotatable bonds is 81. The fourth-order valence-corrected chi connectivity index (χ4v) is 13.0. The molecule has 9 nitrogen and oxygen atoms in total. The molecule has 9 heteroatoms. The molecule has 0 aromatic rings. The van der Waals surface area contributed by atoms with E-state index in [1.165, 1.54) is 334 Å². The number of unbranched alkanes of at least 4 members (excludes halogenated alkanes) is 56. The molecule has 0 aromatic heterocycles. The summed E-state index contributed by atoms with van der Waals surface area (Å²) in [6, 6.07) is 0. The highest BCUT2D eigenvalue weighted by atomic mass is 16.7. The van der Waals surface area contributed by atoms with Crippen molar-refractivity contribution in [3.63, 3.8) is 0 Å². The Morgan fingerprint density at radius 3 is 0.867 bits per heavy atom. The highest BCUT2D eigenvalue weighted by Crippen LogP contribution is 2.21. The van der Waals surface area contributed by atoms with Crippen LogP contribution in [0.4, 0.5) is 0 Å². The van der Waals surface area contributed by atoms with E-state index in [0.717, 1.165) is 70.6 Å². The number of allylic oxidation sites excluding steroid dienone is 10. The Kier molecular flexibility index (Phi) is 77.2. The molecule has 574 valence electrons. The zero-order valence-corrected chi connectivity index (χ0v) is 66.0. The van der Waals surface area contributed by atoms with Crippen LogP contribution in [-0.4, -0.2) is 87.4 Å². The van der Waals surface area contributed by atoms with Crippen molar-refractivity contribution < 1.29 is 42.9 Å². The Labute approximate surface area is 609 Å². The summed E-state index contributed by atoms with van der Waals surface area (Å²) < 4.78 is 23.1. The minimum absolute atomic E-state index is 0.175. The van der Waals surface area contributed by atoms with Crippen molar-refractivity contribution in [2.24, 2.45) is 0 Å². The first kappa shape index (κ1) is 95.0. The number of hydrogen-bond acceptors (Lipinski definition) is 7. The number of ether oxygens (including phenoxy) is 4. The van der Waals surface area contributed by atoms with E-state index in [-0.39, 0.29) is 38.2 Å². The average Bonchev–Trinajstić information content (AvgIpc) is 1.40. The quantitative estimate of drug-likeness (QED) is 0.0211. The van der Waals surface area contributed by atoms with Gasteiger partial charge >= 0.3 is 17.9 Å². The molecule has 0 heterocycles. The summed E-state index contributed by atoms with van der Waals surface area (Å²) in [4.78, 5) is 37.8. The number of aliphatic carboxylic acids is 1. The second kappa shape index (κ2) is 79.7. The summed E-state index contributed by atoms with van der Waals surface area (Å²) in [6.07, 6.45) is 104. The summed E-state index contributed by atoms with van der Waals surface area (Å²) >= 11 is 0. The summed E-state index contributed by atoms with van der Waals surface area (Å²) in [5.74, 6) is -1.97. The number of likely N-dealkylation sites (N-methyl/N-ethyl adjacent to an activating group) is 1. The van der Waals surface area contributed by atoms with Crippen LogP contribution >= 0.6 is 0 Å². The van der Waals surface area contributed by atoms with E-state index in [1.54, 1.807) is 0 Å². The maximum absolute atomic E-state index is 13.0. The highest BCUT2D eigenvalue weighted by Gasteiger charge is 2.25. The summed E-state index contributed by atoms with van der Waals surface area (Å²) in [5.41, 5.74) is 0. The lowest BCUT2D eigenvalue weighted by Crippen LogP contribution is -2.40. The minimum Gasteiger partial charge on any atom is -0.477 e. The molecule has 98 heavy (non-hydrogen) atoms. The fourth-order valence-electron chi connectivity index (χ4n) is 13.0. The number of carbonyl (C=O) groups excluding carboxylic acids is 2. The Bertz CT molecular complexity index is 1800. The Hall–Kier alpha value is -3.01. The molecule has 0 saturated heterocycles. The first-order valence-electron chi connectivity index (χ1n) is 43.0. The highest BCUT2D eigenvalue weighted by molar-refractivity contribution is 5.71. The summed E-state index contributed by atoms with van der Waals surface area (Å²) in [7, 11) is 6.00. The fraction of sp³-hybridized carbons (Fsp3) is 0.854. The molecule has 0 radical (unpaired) electrons. The molecule has 0 saturated carbocycles. The van der Waals surface area contributed by atoms with Crippen molar-refractivity contribution in [3.05, 3.63) is 60.8 Å². The molecule has 0 spiro atoms. The van der Waals surface area contributed by atoms with Gasteiger partial charge in [0, 0.05) is 12.8 Å². The second-order valence-corrected chi connectivity index (χ2v) is 30.5. The molecular formula is C89H166NO8+. The number of esters is 2. The van der Waals surface area contributed by atoms with E-state index in [9.17, 15) is 19.5 Å². The minimum atomic E-state index is -1.51. The molecule has 0 aliphatic rings. The van der Waals surface area contributed by atoms with Gasteiger partial charge in [-0.3, -0.25) is 9.59 Å². The predicted molar refractivity (Wildman–Crippen MR) is 424 cm³/mol. The first-order valence-corrected chi connectivity index (χ1v) is 43.0. The topological polar surface area (TPSA) is 108 Å². The van der Waals surface area contributed by atoms with Crippen LogP contribution in [0.15, 0.2) is 60.8 Å². The van der Waals surface area contributed by atoms with Crippen molar-refractivity contribution in [3.8, 4) is 0 Å². The average molecular weight is 1380 g/mol. The van der Waals surface area contributed by atoms with Gasteiger partial charge in [-0.05, 0) is 57.8 Å². The molecule has 2 unspecified atom stereocenters. The largest absolute Gasteiger partial charge is 0.477 e. The van der Waals surface area contributed by atoms with Gasteiger partial charge in [0.1, 0.15) is 13.2 Å². The third kappa shape index (κ3) is 80.3. The summed E-state index contributed by atoms with van der Waals surface area (Å²) in [6.45, 7) is 4.85. The van der Waals surface area contributed by atoms with Gasteiger partial charge in [-0.15, -0.1) is 0 Å². The van der Waals surface area contributed by atoms with Gasteiger partial charge in [-0.2, -0.15) is 0 Å². The smallest absolute Gasteiger partial charge is 0.361 e. The first-order chi connectivity index (χ1) is 48.1. The SMILES string of the molecule is CC/C=C\C/C=C\C/C=C\C/C=C\C/C=C\CCCCCCCCCCCCCCCCCCCCCCCCCCCC(=O)OC(COC(=O)CCCCCCCCCCCCCCCCCCCCCCCCCCCCCCCCCC)COC(OCC[N+](C)(C)C)C(=O)O. The summed E-state index contributed by atoms with van der Waals surface area (Å²) in [5, 5.41) is 9.79. The molecule has 0 aromatic carbocycles. The van der Waals surface area contributed by atoms with Crippen LogP contribution in [-0.2, 0) is 33.3 Å². The van der Waals surface area contributed by atoms with E-state index in [1.807, 2.05) is 21.1 Å². The lowest BCUT2D eigenvalue weighted by molar-refractivity contribution is -0.870. The third-order valence-electron chi connectivity index (χ3n) is 19.5. The van der Waals surface area contributed by atoms with Crippen molar-refractivity contribution >= 4 is 17.9 Å². The Morgan fingerprint density at radius 1 is 0.316 bits per heavy atom.